The van der Waals surface area contributed by atoms with Crippen molar-refractivity contribution in [3.05, 3.63) is 18.7 Å². The highest BCUT2D eigenvalue weighted by Gasteiger charge is 2.22. The fourth-order valence-corrected chi connectivity index (χ4v) is 3.76. The normalized spacial score (nSPS) is 19.0. The number of thiocarbonyl (C=S) groups is 1. The highest BCUT2D eigenvalue weighted by Crippen LogP contribution is 2.28. The Morgan fingerprint density at radius 1 is 1.07 bits per heavy atom. The lowest BCUT2D eigenvalue weighted by Gasteiger charge is -2.34. The van der Waals surface area contributed by atoms with E-state index in [1.807, 2.05) is 0 Å². The minimum absolute atomic E-state index is 0.525. The standard InChI is InChI=1S/C20H32N6S/c1-4-9-21-20(27)24-19-22-17(25-10-5-15(2)6-11-25)14-18(23-19)26-12-7-16(3)8-13-26/h4,14-16H,1,5-13H2,2-3H3,(H2,21,22,23,24,27). The molecule has 148 valence electrons. The maximum atomic E-state index is 5.35. The second kappa shape index (κ2) is 9.35. The zero-order valence-corrected chi connectivity index (χ0v) is 17.4. The number of hydrogen-bond acceptors (Lipinski definition) is 5. The molecule has 0 radical (unpaired) electrons. The molecule has 2 aliphatic rings. The third kappa shape index (κ3) is 5.54. The summed E-state index contributed by atoms with van der Waals surface area (Å²) in [5, 5.41) is 6.76. The number of anilines is 3. The van der Waals surface area contributed by atoms with E-state index in [4.69, 9.17) is 22.2 Å². The number of aromatic nitrogens is 2. The van der Waals surface area contributed by atoms with Gasteiger partial charge in [-0.2, -0.15) is 9.97 Å². The van der Waals surface area contributed by atoms with Gasteiger partial charge in [0.2, 0.25) is 5.95 Å². The Hall–Kier alpha value is -1.89. The van der Waals surface area contributed by atoms with Gasteiger partial charge in [0.1, 0.15) is 11.6 Å². The number of nitrogens with one attached hydrogen (secondary N) is 2. The average Bonchev–Trinajstić information content (AvgIpc) is 2.67. The lowest BCUT2D eigenvalue weighted by molar-refractivity contribution is 0.433. The molecule has 3 rings (SSSR count). The van der Waals surface area contributed by atoms with E-state index in [2.05, 4.69) is 46.9 Å². The Labute approximate surface area is 168 Å². The molecule has 0 spiro atoms. The van der Waals surface area contributed by atoms with Crippen molar-refractivity contribution < 1.29 is 0 Å². The van der Waals surface area contributed by atoms with E-state index in [1.165, 1.54) is 25.7 Å². The zero-order chi connectivity index (χ0) is 19.2. The van der Waals surface area contributed by atoms with E-state index in [9.17, 15) is 0 Å². The molecular formula is C20H32N6S. The highest BCUT2D eigenvalue weighted by molar-refractivity contribution is 7.80. The monoisotopic (exact) mass is 388 g/mol. The molecule has 0 atom stereocenters. The van der Waals surface area contributed by atoms with Crippen LogP contribution in [0.4, 0.5) is 17.6 Å². The molecule has 0 aromatic carbocycles. The fourth-order valence-electron chi connectivity index (χ4n) is 3.59. The largest absolute Gasteiger partial charge is 0.359 e. The van der Waals surface area contributed by atoms with Crippen LogP contribution in [-0.2, 0) is 0 Å². The van der Waals surface area contributed by atoms with Crippen LogP contribution in [0.25, 0.3) is 0 Å². The van der Waals surface area contributed by atoms with Crippen molar-refractivity contribution in [3.8, 4) is 0 Å². The van der Waals surface area contributed by atoms with Gasteiger partial charge in [0.05, 0.1) is 0 Å². The summed E-state index contributed by atoms with van der Waals surface area (Å²) < 4.78 is 0. The van der Waals surface area contributed by atoms with Gasteiger partial charge in [-0.15, -0.1) is 6.58 Å². The molecule has 2 saturated heterocycles. The van der Waals surface area contributed by atoms with E-state index in [-0.39, 0.29) is 0 Å². The molecule has 0 bridgehead atoms. The van der Waals surface area contributed by atoms with Crippen LogP contribution in [0.5, 0.6) is 0 Å². The van der Waals surface area contributed by atoms with E-state index >= 15 is 0 Å². The van der Waals surface area contributed by atoms with E-state index in [0.717, 1.165) is 49.7 Å². The number of rotatable bonds is 5. The number of piperidine rings is 2. The first-order chi connectivity index (χ1) is 13.0. The minimum atomic E-state index is 0.525. The molecule has 3 heterocycles. The molecule has 27 heavy (non-hydrogen) atoms. The Kier molecular flexibility index (Phi) is 6.88. The molecule has 1 aromatic rings. The molecule has 2 N–H and O–H groups in total. The Bertz CT molecular complexity index is 608. The fraction of sp³-hybridized carbons (Fsp3) is 0.650. The zero-order valence-electron chi connectivity index (χ0n) is 16.6. The summed E-state index contributed by atoms with van der Waals surface area (Å²) in [6.07, 6.45) is 6.62. The van der Waals surface area contributed by atoms with Crippen molar-refractivity contribution in [3.63, 3.8) is 0 Å². The van der Waals surface area contributed by atoms with Gasteiger partial charge in [-0.1, -0.05) is 19.9 Å². The van der Waals surface area contributed by atoms with Crippen molar-refractivity contribution in [1.82, 2.24) is 15.3 Å². The molecule has 0 aliphatic carbocycles. The van der Waals surface area contributed by atoms with Crippen molar-refractivity contribution in [1.29, 1.82) is 0 Å². The van der Waals surface area contributed by atoms with Crippen molar-refractivity contribution in [2.75, 3.05) is 47.8 Å². The van der Waals surface area contributed by atoms with Crippen molar-refractivity contribution >= 4 is 34.9 Å². The van der Waals surface area contributed by atoms with Crippen LogP contribution in [0.15, 0.2) is 18.7 Å². The van der Waals surface area contributed by atoms with Gasteiger partial charge >= 0.3 is 0 Å². The summed E-state index contributed by atoms with van der Waals surface area (Å²) in [5.74, 6) is 4.15. The summed E-state index contributed by atoms with van der Waals surface area (Å²) in [4.78, 5) is 14.3. The molecule has 0 amide bonds. The molecule has 1 aromatic heterocycles. The molecule has 2 fully saturated rings. The number of nitrogens with zero attached hydrogens (tertiary/aromatic N) is 4. The van der Waals surface area contributed by atoms with Gasteiger partial charge in [0.25, 0.3) is 0 Å². The van der Waals surface area contributed by atoms with Crippen LogP contribution in [0.3, 0.4) is 0 Å². The Morgan fingerprint density at radius 3 is 2.00 bits per heavy atom. The van der Waals surface area contributed by atoms with Crippen LogP contribution in [0.2, 0.25) is 0 Å². The van der Waals surface area contributed by atoms with Crippen LogP contribution in [0.1, 0.15) is 39.5 Å². The third-order valence-electron chi connectivity index (χ3n) is 5.55. The first-order valence-electron chi connectivity index (χ1n) is 10.1. The van der Waals surface area contributed by atoms with Crippen molar-refractivity contribution in [2.24, 2.45) is 11.8 Å². The SMILES string of the molecule is C=CCNC(=S)Nc1nc(N2CCC(C)CC2)cc(N2CCC(C)CC2)n1. The summed E-state index contributed by atoms with van der Waals surface area (Å²) >= 11 is 5.35. The predicted molar refractivity (Wildman–Crippen MR) is 118 cm³/mol. The van der Waals surface area contributed by atoms with Gasteiger partial charge in [-0.05, 0) is 49.7 Å². The van der Waals surface area contributed by atoms with Crippen LogP contribution in [-0.4, -0.2) is 47.8 Å². The maximum absolute atomic E-state index is 5.35. The average molecular weight is 389 g/mol. The number of hydrogen-bond donors (Lipinski definition) is 2. The topological polar surface area (TPSA) is 56.3 Å². The van der Waals surface area contributed by atoms with Crippen LogP contribution in [0, 0.1) is 11.8 Å². The molecule has 2 aliphatic heterocycles. The first kappa shape index (κ1) is 19.9. The smallest absolute Gasteiger partial charge is 0.232 e. The van der Waals surface area contributed by atoms with Gasteiger partial charge in [0, 0.05) is 38.8 Å². The van der Waals surface area contributed by atoms with E-state index in [0.29, 0.717) is 17.6 Å². The minimum Gasteiger partial charge on any atom is -0.359 e. The lowest BCUT2D eigenvalue weighted by Crippen LogP contribution is -2.36. The third-order valence-corrected chi connectivity index (χ3v) is 5.79. The van der Waals surface area contributed by atoms with E-state index in [1.54, 1.807) is 6.08 Å². The van der Waals surface area contributed by atoms with Crippen LogP contribution < -0.4 is 20.4 Å². The Balaban J connectivity index is 1.80. The quantitative estimate of drug-likeness (QED) is 0.592. The summed E-state index contributed by atoms with van der Waals surface area (Å²) in [5.41, 5.74) is 0. The summed E-state index contributed by atoms with van der Waals surface area (Å²) in [7, 11) is 0. The van der Waals surface area contributed by atoms with Gasteiger partial charge in [-0.3, -0.25) is 0 Å². The second-order valence-electron chi connectivity index (χ2n) is 7.87. The molecule has 6 nitrogen and oxygen atoms in total. The van der Waals surface area contributed by atoms with Crippen LogP contribution >= 0.6 is 12.2 Å². The summed E-state index contributed by atoms with van der Waals surface area (Å²) in [6, 6.07) is 2.15. The lowest BCUT2D eigenvalue weighted by atomic mass is 9.99. The van der Waals surface area contributed by atoms with Gasteiger partial charge in [-0.25, -0.2) is 0 Å². The first-order valence-corrected chi connectivity index (χ1v) is 10.5. The molecule has 7 heteroatoms. The maximum Gasteiger partial charge on any atom is 0.232 e. The van der Waals surface area contributed by atoms with Crippen molar-refractivity contribution in [2.45, 2.75) is 39.5 Å². The summed E-state index contributed by atoms with van der Waals surface area (Å²) in [6.45, 7) is 13.2. The molecule has 0 saturated carbocycles. The molecular weight excluding hydrogens is 356 g/mol. The van der Waals surface area contributed by atoms with E-state index < -0.39 is 0 Å². The predicted octanol–water partition coefficient (Wildman–Crippen LogP) is 3.42. The second-order valence-corrected chi connectivity index (χ2v) is 8.28. The Morgan fingerprint density at radius 2 is 1.56 bits per heavy atom. The van der Waals surface area contributed by atoms with Gasteiger partial charge < -0.3 is 20.4 Å². The molecule has 0 unspecified atom stereocenters. The van der Waals surface area contributed by atoms with Gasteiger partial charge in [0.15, 0.2) is 5.11 Å². The highest BCUT2D eigenvalue weighted by atomic mass is 32.1.